The molecule has 0 N–H and O–H groups in total. The monoisotopic (exact) mass is 154 g/mol. The standard InChI is InChI=1S/C8H11FN2/c1-2-3-4-8-10-5-7(9)6-11-8/h5-6H,2-4H2,1H3. The van der Waals surface area contributed by atoms with Crippen LogP contribution in [0.5, 0.6) is 0 Å². The maximum Gasteiger partial charge on any atom is 0.159 e. The van der Waals surface area contributed by atoms with Gasteiger partial charge in [0.2, 0.25) is 0 Å². The molecule has 0 spiro atoms. The fourth-order valence-electron chi connectivity index (χ4n) is 0.803. The summed E-state index contributed by atoms with van der Waals surface area (Å²) in [6, 6.07) is 0. The minimum atomic E-state index is -0.370. The lowest BCUT2D eigenvalue weighted by atomic mass is 10.2. The van der Waals surface area contributed by atoms with Crippen LogP contribution in [0, 0.1) is 5.82 Å². The fourth-order valence-corrected chi connectivity index (χ4v) is 0.803. The number of unbranched alkanes of at least 4 members (excludes halogenated alkanes) is 1. The van der Waals surface area contributed by atoms with E-state index in [1.165, 1.54) is 12.4 Å². The van der Waals surface area contributed by atoms with Crippen LogP contribution < -0.4 is 0 Å². The van der Waals surface area contributed by atoms with Gasteiger partial charge < -0.3 is 0 Å². The van der Waals surface area contributed by atoms with Crippen molar-refractivity contribution in [2.45, 2.75) is 26.2 Å². The second-order valence-corrected chi connectivity index (χ2v) is 2.42. The van der Waals surface area contributed by atoms with Crippen LogP contribution >= 0.6 is 0 Å². The minimum Gasteiger partial charge on any atom is -0.238 e. The topological polar surface area (TPSA) is 25.8 Å². The van der Waals surface area contributed by atoms with Crippen LogP contribution in [-0.4, -0.2) is 9.97 Å². The highest BCUT2D eigenvalue weighted by atomic mass is 19.1. The summed E-state index contributed by atoms with van der Waals surface area (Å²) < 4.78 is 12.3. The van der Waals surface area contributed by atoms with Gasteiger partial charge in [-0.15, -0.1) is 0 Å². The summed E-state index contributed by atoms with van der Waals surface area (Å²) in [7, 11) is 0. The molecule has 0 aliphatic heterocycles. The zero-order valence-electron chi connectivity index (χ0n) is 6.55. The summed E-state index contributed by atoms with van der Waals surface area (Å²) in [4.78, 5) is 7.66. The molecule has 0 bridgehead atoms. The SMILES string of the molecule is CCCCc1ncc(F)cn1. The molecule has 0 unspecified atom stereocenters. The number of hydrogen-bond donors (Lipinski definition) is 0. The van der Waals surface area contributed by atoms with Gasteiger partial charge in [-0.1, -0.05) is 13.3 Å². The molecule has 0 aromatic carbocycles. The maximum absolute atomic E-state index is 12.3. The zero-order valence-corrected chi connectivity index (χ0v) is 6.55. The van der Waals surface area contributed by atoms with Crippen molar-refractivity contribution < 1.29 is 4.39 Å². The highest BCUT2D eigenvalue weighted by Crippen LogP contribution is 1.98. The van der Waals surface area contributed by atoms with Crippen molar-refractivity contribution in [2.24, 2.45) is 0 Å². The summed E-state index contributed by atoms with van der Waals surface area (Å²) in [5.74, 6) is 0.360. The molecule has 0 saturated heterocycles. The van der Waals surface area contributed by atoms with Gasteiger partial charge in [-0.2, -0.15) is 0 Å². The van der Waals surface area contributed by atoms with Gasteiger partial charge in [-0.3, -0.25) is 0 Å². The van der Waals surface area contributed by atoms with Crippen molar-refractivity contribution in [2.75, 3.05) is 0 Å². The lowest BCUT2D eigenvalue weighted by molar-refractivity contribution is 0.606. The maximum atomic E-state index is 12.3. The first kappa shape index (κ1) is 8.11. The van der Waals surface area contributed by atoms with Crippen LogP contribution in [0.15, 0.2) is 12.4 Å². The van der Waals surface area contributed by atoms with Crippen LogP contribution in [0.1, 0.15) is 25.6 Å². The summed E-state index contributed by atoms with van der Waals surface area (Å²) in [5.41, 5.74) is 0. The van der Waals surface area contributed by atoms with Gasteiger partial charge in [-0.05, 0) is 6.42 Å². The molecule has 0 amide bonds. The molecule has 0 aliphatic rings. The number of aryl methyl sites for hydroxylation is 1. The zero-order chi connectivity index (χ0) is 8.10. The van der Waals surface area contributed by atoms with Crippen LogP contribution in [0.3, 0.4) is 0 Å². The van der Waals surface area contributed by atoms with E-state index in [0.717, 1.165) is 25.1 Å². The summed E-state index contributed by atoms with van der Waals surface area (Å²) >= 11 is 0. The fraction of sp³-hybridized carbons (Fsp3) is 0.500. The lowest BCUT2D eigenvalue weighted by Gasteiger charge is -1.95. The molecule has 60 valence electrons. The van der Waals surface area contributed by atoms with E-state index in [9.17, 15) is 4.39 Å². The first-order chi connectivity index (χ1) is 5.33. The van der Waals surface area contributed by atoms with E-state index in [1.54, 1.807) is 0 Å². The molecule has 0 saturated carbocycles. The van der Waals surface area contributed by atoms with Gasteiger partial charge in [0.15, 0.2) is 5.82 Å². The molecule has 2 nitrogen and oxygen atoms in total. The van der Waals surface area contributed by atoms with Crippen LogP contribution in [-0.2, 0) is 6.42 Å². The molecule has 3 heteroatoms. The Labute approximate surface area is 65.5 Å². The Morgan fingerprint density at radius 1 is 1.36 bits per heavy atom. The van der Waals surface area contributed by atoms with Crippen molar-refractivity contribution in [3.8, 4) is 0 Å². The van der Waals surface area contributed by atoms with Crippen molar-refractivity contribution in [1.82, 2.24) is 9.97 Å². The van der Waals surface area contributed by atoms with Gasteiger partial charge in [-0.25, -0.2) is 14.4 Å². The van der Waals surface area contributed by atoms with Gasteiger partial charge in [0.05, 0.1) is 12.4 Å². The van der Waals surface area contributed by atoms with E-state index in [2.05, 4.69) is 16.9 Å². The van der Waals surface area contributed by atoms with E-state index >= 15 is 0 Å². The number of rotatable bonds is 3. The van der Waals surface area contributed by atoms with Crippen molar-refractivity contribution >= 4 is 0 Å². The number of nitrogens with zero attached hydrogens (tertiary/aromatic N) is 2. The third-order valence-corrected chi connectivity index (χ3v) is 1.43. The van der Waals surface area contributed by atoms with E-state index in [4.69, 9.17) is 0 Å². The third-order valence-electron chi connectivity index (χ3n) is 1.43. The molecule has 1 heterocycles. The van der Waals surface area contributed by atoms with Crippen LogP contribution in [0.25, 0.3) is 0 Å². The predicted octanol–water partition coefficient (Wildman–Crippen LogP) is 1.96. The van der Waals surface area contributed by atoms with E-state index < -0.39 is 0 Å². The largest absolute Gasteiger partial charge is 0.238 e. The number of aromatic nitrogens is 2. The average Bonchev–Trinajstić information content (AvgIpc) is 2.04. The number of halogens is 1. The Hall–Kier alpha value is -0.990. The summed E-state index contributed by atoms with van der Waals surface area (Å²) in [5, 5.41) is 0. The van der Waals surface area contributed by atoms with E-state index in [0.29, 0.717) is 0 Å². The highest BCUT2D eigenvalue weighted by molar-refractivity contribution is 4.90. The van der Waals surface area contributed by atoms with Crippen molar-refractivity contribution in [3.63, 3.8) is 0 Å². The minimum absolute atomic E-state index is 0.370. The molecular weight excluding hydrogens is 143 g/mol. The normalized spacial score (nSPS) is 10.0. The molecule has 1 aromatic rings. The second kappa shape index (κ2) is 4.01. The molecular formula is C8H11FN2. The van der Waals surface area contributed by atoms with Crippen LogP contribution in [0.2, 0.25) is 0 Å². The van der Waals surface area contributed by atoms with Crippen LogP contribution in [0.4, 0.5) is 4.39 Å². The Balaban J connectivity index is 2.52. The van der Waals surface area contributed by atoms with E-state index in [1.807, 2.05) is 0 Å². The van der Waals surface area contributed by atoms with Crippen molar-refractivity contribution in [3.05, 3.63) is 24.0 Å². The third kappa shape index (κ3) is 2.62. The van der Waals surface area contributed by atoms with Crippen molar-refractivity contribution in [1.29, 1.82) is 0 Å². The smallest absolute Gasteiger partial charge is 0.159 e. The first-order valence-corrected chi connectivity index (χ1v) is 3.79. The molecule has 0 fully saturated rings. The Morgan fingerprint density at radius 2 is 2.00 bits per heavy atom. The average molecular weight is 154 g/mol. The molecule has 0 atom stereocenters. The Morgan fingerprint density at radius 3 is 2.55 bits per heavy atom. The molecule has 1 aromatic heterocycles. The molecule has 11 heavy (non-hydrogen) atoms. The molecule has 1 rings (SSSR count). The number of hydrogen-bond acceptors (Lipinski definition) is 2. The predicted molar refractivity (Wildman–Crippen MR) is 40.6 cm³/mol. The van der Waals surface area contributed by atoms with E-state index in [-0.39, 0.29) is 5.82 Å². The summed E-state index contributed by atoms with van der Waals surface area (Å²) in [6.07, 6.45) is 5.43. The van der Waals surface area contributed by atoms with Gasteiger partial charge in [0.25, 0.3) is 0 Å². The molecule has 0 aliphatic carbocycles. The highest BCUT2D eigenvalue weighted by Gasteiger charge is 1.94. The Bertz CT molecular complexity index is 208. The second-order valence-electron chi connectivity index (χ2n) is 2.42. The quantitative estimate of drug-likeness (QED) is 0.665. The van der Waals surface area contributed by atoms with Gasteiger partial charge >= 0.3 is 0 Å². The first-order valence-electron chi connectivity index (χ1n) is 3.79. The molecule has 0 radical (unpaired) electrons. The Kier molecular flexibility index (Phi) is 2.95. The lowest BCUT2D eigenvalue weighted by Crippen LogP contribution is -1.94. The van der Waals surface area contributed by atoms with Gasteiger partial charge in [0, 0.05) is 6.42 Å². The summed E-state index contributed by atoms with van der Waals surface area (Å²) in [6.45, 7) is 2.10. The van der Waals surface area contributed by atoms with Gasteiger partial charge in [0.1, 0.15) is 5.82 Å².